The number of amides is 2. The number of rotatable bonds is 6. The van der Waals surface area contributed by atoms with E-state index in [2.05, 4.69) is 10.6 Å². The van der Waals surface area contributed by atoms with Crippen LogP contribution < -0.4 is 15.4 Å². The highest BCUT2D eigenvalue weighted by atomic mass is 19.1. The fraction of sp³-hybridized carbons (Fsp3) is 0.278. The van der Waals surface area contributed by atoms with Crippen molar-refractivity contribution in [2.75, 3.05) is 6.61 Å². The lowest BCUT2D eigenvalue weighted by Crippen LogP contribution is -2.42. The number of hydrogen-bond acceptors (Lipinski definition) is 2. The van der Waals surface area contributed by atoms with Gasteiger partial charge in [0, 0.05) is 6.54 Å². The average molecular weight is 316 g/mol. The van der Waals surface area contributed by atoms with E-state index in [1.54, 1.807) is 12.1 Å². The first-order valence-electron chi connectivity index (χ1n) is 7.51. The van der Waals surface area contributed by atoms with Crippen molar-refractivity contribution in [3.63, 3.8) is 0 Å². The standard InChI is InChI=1S/C18H21FN2O2/c1-13-3-5-15(6-4-13)11-20-18(22)21-14(2)12-23-17-9-7-16(19)8-10-17/h3-10,14H,11-12H2,1-2H3,(H2,20,21,22). The van der Waals surface area contributed by atoms with Crippen LogP contribution in [0.25, 0.3) is 0 Å². The van der Waals surface area contributed by atoms with Crippen molar-refractivity contribution < 1.29 is 13.9 Å². The molecule has 0 aliphatic heterocycles. The molecule has 0 aliphatic carbocycles. The van der Waals surface area contributed by atoms with Crippen molar-refractivity contribution in [2.45, 2.75) is 26.4 Å². The Labute approximate surface area is 135 Å². The van der Waals surface area contributed by atoms with E-state index < -0.39 is 0 Å². The number of benzene rings is 2. The zero-order valence-corrected chi connectivity index (χ0v) is 13.3. The third-order valence-corrected chi connectivity index (χ3v) is 3.26. The minimum absolute atomic E-state index is 0.168. The Bertz CT molecular complexity index is 626. The molecule has 2 aromatic carbocycles. The number of carbonyl (C=O) groups excluding carboxylic acids is 1. The van der Waals surface area contributed by atoms with Crippen LogP contribution in [0.5, 0.6) is 5.75 Å². The second-order valence-electron chi connectivity index (χ2n) is 5.48. The molecule has 0 heterocycles. The zero-order valence-electron chi connectivity index (χ0n) is 13.3. The molecule has 2 aromatic rings. The van der Waals surface area contributed by atoms with E-state index in [9.17, 15) is 9.18 Å². The van der Waals surface area contributed by atoms with Gasteiger partial charge in [0.15, 0.2) is 0 Å². The largest absolute Gasteiger partial charge is 0.491 e. The highest BCUT2D eigenvalue weighted by Gasteiger charge is 2.08. The summed E-state index contributed by atoms with van der Waals surface area (Å²) >= 11 is 0. The number of hydrogen-bond donors (Lipinski definition) is 2. The van der Waals surface area contributed by atoms with Gasteiger partial charge in [0.1, 0.15) is 18.2 Å². The summed E-state index contributed by atoms with van der Waals surface area (Å²) in [6.45, 7) is 4.64. The number of urea groups is 1. The normalized spacial score (nSPS) is 11.6. The monoisotopic (exact) mass is 316 g/mol. The van der Waals surface area contributed by atoms with Crippen molar-refractivity contribution in [3.8, 4) is 5.75 Å². The summed E-state index contributed by atoms with van der Waals surface area (Å²) in [5.74, 6) is 0.263. The molecule has 0 aromatic heterocycles. The maximum atomic E-state index is 12.8. The first-order chi connectivity index (χ1) is 11.0. The molecule has 23 heavy (non-hydrogen) atoms. The molecule has 0 radical (unpaired) electrons. The zero-order chi connectivity index (χ0) is 16.7. The number of carbonyl (C=O) groups is 1. The van der Waals surface area contributed by atoms with Crippen molar-refractivity contribution in [2.24, 2.45) is 0 Å². The van der Waals surface area contributed by atoms with Crippen LogP contribution in [0.15, 0.2) is 48.5 Å². The van der Waals surface area contributed by atoms with Crippen LogP contribution in [0, 0.1) is 12.7 Å². The van der Waals surface area contributed by atoms with E-state index in [1.807, 2.05) is 38.1 Å². The summed E-state index contributed by atoms with van der Waals surface area (Å²) in [5, 5.41) is 5.59. The molecule has 1 atom stereocenters. The quantitative estimate of drug-likeness (QED) is 0.858. The molecule has 0 bridgehead atoms. The van der Waals surface area contributed by atoms with Crippen molar-refractivity contribution in [3.05, 3.63) is 65.5 Å². The molecule has 0 aliphatic rings. The second-order valence-corrected chi connectivity index (χ2v) is 5.48. The van der Waals surface area contributed by atoms with Gasteiger partial charge >= 0.3 is 6.03 Å². The maximum Gasteiger partial charge on any atom is 0.315 e. The van der Waals surface area contributed by atoms with Gasteiger partial charge < -0.3 is 15.4 Å². The Morgan fingerprint density at radius 3 is 2.43 bits per heavy atom. The van der Waals surface area contributed by atoms with Gasteiger partial charge in [-0.3, -0.25) is 0 Å². The number of ether oxygens (including phenoxy) is 1. The molecule has 0 saturated carbocycles. The topological polar surface area (TPSA) is 50.4 Å². The molecule has 0 fully saturated rings. The van der Waals surface area contributed by atoms with E-state index in [4.69, 9.17) is 4.74 Å². The van der Waals surface area contributed by atoms with E-state index >= 15 is 0 Å². The molecule has 2 N–H and O–H groups in total. The first kappa shape index (κ1) is 16.8. The lowest BCUT2D eigenvalue weighted by Gasteiger charge is -2.15. The second kappa shape index (κ2) is 8.17. The van der Waals surface area contributed by atoms with Crippen LogP contribution in [0.3, 0.4) is 0 Å². The lowest BCUT2D eigenvalue weighted by atomic mass is 10.1. The average Bonchev–Trinajstić information content (AvgIpc) is 2.54. The summed E-state index contributed by atoms with van der Waals surface area (Å²) < 4.78 is 18.3. The summed E-state index contributed by atoms with van der Waals surface area (Å²) in [6.07, 6.45) is 0. The Balaban J connectivity index is 1.69. The van der Waals surface area contributed by atoms with Crippen molar-refractivity contribution in [1.82, 2.24) is 10.6 Å². The molecular formula is C18H21FN2O2. The smallest absolute Gasteiger partial charge is 0.315 e. The van der Waals surface area contributed by atoms with Crippen LogP contribution in [-0.2, 0) is 6.54 Å². The highest BCUT2D eigenvalue weighted by molar-refractivity contribution is 5.74. The minimum atomic E-state index is -0.306. The van der Waals surface area contributed by atoms with Gasteiger partial charge in [0.2, 0.25) is 0 Å². The number of halogens is 1. The number of nitrogens with one attached hydrogen (secondary N) is 2. The van der Waals surface area contributed by atoms with Gasteiger partial charge in [-0.05, 0) is 43.7 Å². The lowest BCUT2D eigenvalue weighted by molar-refractivity contribution is 0.226. The molecule has 2 rings (SSSR count). The fourth-order valence-corrected chi connectivity index (χ4v) is 1.96. The third kappa shape index (κ3) is 5.98. The third-order valence-electron chi connectivity index (χ3n) is 3.26. The molecule has 1 unspecified atom stereocenters. The van der Waals surface area contributed by atoms with E-state index in [0.29, 0.717) is 18.9 Å². The Kier molecular flexibility index (Phi) is 5.97. The maximum absolute atomic E-state index is 12.8. The fourth-order valence-electron chi connectivity index (χ4n) is 1.96. The van der Waals surface area contributed by atoms with Crippen LogP contribution in [0.4, 0.5) is 9.18 Å². The Morgan fingerprint density at radius 1 is 1.13 bits per heavy atom. The predicted molar refractivity (Wildman–Crippen MR) is 87.9 cm³/mol. The Hall–Kier alpha value is -2.56. The van der Waals surface area contributed by atoms with Gasteiger partial charge in [0.05, 0.1) is 6.04 Å². The summed E-state index contributed by atoms with van der Waals surface area (Å²) in [6, 6.07) is 13.3. The minimum Gasteiger partial charge on any atom is -0.491 e. The number of aryl methyl sites for hydroxylation is 1. The molecule has 122 valence electrons. The van der Waals surface area contributed by atoms with Gasteiger partial charge in [0.25, 0.3) is 0 Å². The highest BCUT2D eigenvalue weighted by Crippen LogP contribution is 2.11. The summed E-state index contributed by atoms with van der Waals surface area (Å²) in [7, 11) is 0. The predicted octanol–water partition coefficient (Wildman–Crippen LogP) is 3.40. The van der Waals surface area contributed by atoms with E-state index in [-0.39, 0.29) is 17.9 Å². The SMILES string of the molecule is Cc1ccc(CNC(=O)NC(C)COc2ccc(F)cc2)cc1. The van der Waals surface area contributed by atoms with Gasteiger partial charge in [-0.25, -0.2) is 9.18 Å². The van der Waals surface area contributed by atoms with E-state index in [0.717, 1.165) is 5.56 Å². The van der Waals surface area contributed by atoms with Crippen molar-refractivity contribution in [1.29, 1.82) is 0 Å². The molecular weight excluding hydrogens is 295 g/mol. The molecule has 0 spiro atoms. The van der Waals surface area contributed by atoms with Crippen LogP contribution >= 0.6 is 0 Å². The van der Waals surface area contributed by atoms with Gasteiger partial charge in [-0.2, -0.15) is 0 Å². The Morgan fingerprint density at radius 2 is 1.78 bits per heavy atom. The van der Waals surface area contributed by atoms with Crippen LogP contribution in [0.1, 0.15) is 18.1 Å². The van der Waals surface area contributed by atoms with Gasteiger partial charge in [-0.1, -0.05) is 29.8 Å². The first-order valence-corrected chi connectivity index (χ1v) is 7.51. The summed E-state index contributed by atoms with van der Waals surface area (Å²) in [5.41, 5.74) is 2.23. The molecule has 5 heteroatoms. The van der Waals surface area contributed by atoms with E-state index in [1.165, 1.54) is 17.7 Å². The van der Waals surface area contributed by atoms with Gasteiger partial charge in [-0.15, -0.1) is 0 Å². The molecule has 4 nitrogen and oxygen atoms in total. The van der Waals surface area contributed by atoms with Crippen LogP contribution in [-0.4, -0.2) is 18.7 Å². The van der Waals surface area contributed by atoms with Crippen molar-refractivity contribution >= 4 is 6.03 Å². The molecule has 2 amide bonds. The molecule has 0 saturated heterocycles. The summed E-state index contributed by atoms with van der Waals surface area (Å²) in [4.78, 5) is 11.8. The van der Waals surface area contributed by atoms with Crippen LogP contribution in [0.2, 0.25) is 0 Å².